The number of guanidine groups is 1. The van der Waals surface area contributed by atoms with Crippen LogP contribution in [0.2, 0.25) is 0 Å². The summed E-state index contributed by atoms with van der Waals surface area (Å²) < 4.78 is 14.5. The number of carbonyl (C=O) groups excluding carboxylic acids is 1. The molecule has 4 rings (SSSR count). The first-order valence-electron chi connectivity index (χ1n) is 8.29. The number of hydrogen-bond acceptors (Lipinski definition) is 5. The lowest BCUT2D eigenvalue weighted by molar-refractivity contribution is -0.129. The fourth-order valence-corrected chi connectivity index (χ4v) is 3.25. The lowest BCUT2D eigenvalue weighted by Gasteiger charge is -2.26. The van der Waals surface area contributed by atoms with Crippen LogP contribution in [0.4, 0.5) is 4.39 Å². The van der Waals surface area contributed by atoms with Gasteiger partial charge >= 0.3 is 0 Å². The van der Waals surface area contributed by atoms with Crippen LogP contribution in [0.3, 0.4) is 0 Å². The number of carbonyl (C=O) groups is 1. The lowest BCUT2D eigenvalue weighted by atomic mass is 9.82. The van der Waals surface area contributed by atoms with Gasteiger partial charge in [0.2, 0.25) is 0 Å². The molecular weight excluding hydrogens is 345 g/mol. The number of nitrogens with two attached hydrogens (primary N) is 1. The number of nitrogens with zero attached hydrogens (tertiary/aromatic N) is 4. The quantitative estimate of drug-likeness (QED) is 0.776. The number of benzene rings is 2. The van der Waals surface area contributed by atoms with Crippen molar-refractivity contribution >= 4 is 11.9 Å². The van der Waals surface area contributed by atoms with E-state index in [1.807, 2.05) is 18.2 Å². The Hall–Kier alpha value is -3.61. The summed E-state index contributed by atoms with van der Waals surface area (Å²) in [6.07, 6.45) is 4.47. The molecule has 0 saturated heterocycles. The molecule has 6 nitrogen and oxygen atoms in total. The van der Waals surface area contributed by atoms with E-state index in [0.29, 0.717) is 16.8 Å². The van der Waals surface area contributed by atoms with Gasteiger partial charge in [0.25, 0.3) is 5.91 Å². The second kappa shape index (κ2) is 6.28. The van der Waals surface area contributed by atoms with Crippen LogP contribution < -0.4 is 5.73 Å². The van der Waals surface area contributed by atoms with E-state index in [2.05, 4.69) is 15.0 Å². The maximum absolute atomic E-state index is 14.5. The predicted molar refractivity (Wildman–Crippen MR) is 99.0 cm³/mol. The van der Waals surface area contributed by atoms with Gasteiger partial charge in [0.15, 0.2) is 11.5 Å². The smallest absolute Gasteiger partial charge is 0.266 e. The van der Waals surface area contributed by atoms with Gasteiger partial charge < -0.3 is 5.73 Å². The Labute approximate surface area is 155 Å². The molecule has 2 heterocycles. The Balaban J connectivity index is 1.97. The van der Waals surface area contributed by atoms with Crippen molar-refractivity contribution in [2.24, 2.45) is 10.7 Å². The first kappa shape index (κ1) is 16.8. The zero-order valence-electron chi connectivity index (χ0n) is 14.5. The van der Waals surface area contributed by atoms with Crippen LogP contribution in [0, 0.1) is 5.82 Å². The van der Waals surface area contributed by atoms with Gasteiger partial charge in [-0.25, -0.2) is 9.38 Å². The van der Waals surface area contributed by atoms with E-state index in [-0.39, 0.29) is 17.4 Å². The van der Waals surface area contributed by atoms with Crippen molar-refractivity contribution in [1.82, 2.24) is 14.9 Å². The molecule has 134 valence electrons. The Bertz CT molecular complexity index is 1040. The van der Waals surface area contributed by atoms with Crippen LogP contribution in [0.1, 0.15) is 11.1 Å². The molecule has 0 spiro atoms. The maximum Gasteiger partial charge on any atom is 0.266 e. The molecule has 0 radical (unpaired) electrons. The molecule has 1 amide bonds. The highest BCUT2D eigenvalue weighted by Gasteiger charge is 2.49. The minimum absolute atomic E-state index is 0.106. The molecule has 1 unspecified atom stereocenters. The molecule has 0 aliphatic carbocycles. The second-order valence-electron chi connectivity index (χ2n) is 6.20. The third-order valence-electron chi connectivity index (χ3n) is 4.65. The van der Waals surface area contributed by atoms with Crippen molar-refractivity contribution in [1.29, 1.82) is 0 Å². The van der Waals surface area contributed by atoms with Gasteiger partial charge in [-0.3, -0.25) is 19.7 Å². The molecule has 0 fully saturated rings. The molecule has 1 aliphatic rings. The molecule has 1 aliphatic heterocycles. The van der Waals surface area contributed by atoms with Crippen LogP contribution in [0.15, 0.2) is 72.1 Å². The summed E-state index contributed by atoms with van der Waals surface area (Å²) in [6.45, 7) is 0. The van der Waals surface area contributed by atoms with Gasteiger partial charge in [0.05, 0.1) is 11.9 Å². The summed E-state index contributed by atoms with van der Waals surface area (Å²) >= 11 is 0. The van der Waals surface area contributed by atoms with Gasteiger partial charge in [0, 0.05) is 25.0 Å². The highest BCUT2D eigenvalue weighted by Crippen LogP contribution is 2.40. The summed E-state index contributed by atoms with van der Waals surface area (Å²) in [6, 6.07) is 13.5. The second-order valence-corrected chi connectivity index (χ2v) is 6.20. The third kappa shape index (κ3) is 2.55. The Morgan fingerprint density at radius 2 is 1.85 bits per heavy atom. The molecule has 2 N–H and O–H groups in total. The molecule has 0 saturated carbocycles. The average Bonchev–Trinajstić information content (AvgIpc) is 2.94. The number of hydrogen-bond donors (Lipinski definition) is 1. The highest BCUT2D eigenvalue weighted by atomic mass is 19.1. The van der Waals surface area contributed by atoms with Crippen LogP contribution >= 0.6 is 0 Å². The summed E-state index contributed by atoms with van der Waals surface area (Å²) in [5.41, 5.74) is 6.36. The topological polar surface area (TPSA) is 84.5 Å². The third-order valence-corrected chi connectivity index (χ3v) is 4.65. The molecule has 1 atom stereocenters. The van der Waals surface area contributed by atoms with Crippen LogP contribution in [0.25, 0.3) is 11.3 Å². The van der Waals surface area contributed by atoms with Crippen molar-refractivity contribution < 1.29 is 9.18 Å². The van der Waals surface area contributed by atoms with Crippen molar-refractivity contribution in [3.63, 3.8) is 0 Å². The lowest BCUT2D eigenvalue weighted by Crippen LogP contribution is -2.41. The number of halogens is 1. The monoisotopic (exact) mass is 361 g/mol. The van der Waals surface area contributed by atoms with Crippen LogP contribution in [0.5, 0.6) is 0 Å². The van der Waals surface area contributed by atoms with Gasteiger partial charge in [-0.05, 0) is 23.3 Å². The molecule has 0 bridgehead atoms. The normalized spacial score (nSPS) is 19.3. The van der Waals surface area contributed by atoms with Crippen molar-refractivity contribution in [3.05, 3.63) is 84.1 Å². The van der Waals surface area contributed by atoms with E-state index < -0.39 is 11.4 Å². The molecule has 1 aromatic heterocycles. The zero-order chi connectivity index (χ0) is 19.0. The molecule has 3 aromatic rings. The number of rotatable bonds is 3. The number of aromatic nitrogens is 2. The predicted octanol–water partition coefficient (Wildman–Crippen LogP) is 2.31. The van der Waals surface area contributed by atoms with E-state index in [4.69, 9.17) is 5.73 Å². The van der Waals surface area contributed by atoms with E-state index >= 15 is 0 Å². The van der Waals surface area contributed by atoms with Crippen molar-refractivity contribution in [2.45, 2.75) is 5.54 Å². The Kier molecular flexibility index (Phi) is 3.92. The minimum Gasteiger partial charge on any atom is -0.369 e. The standard InChI is InChI=1S/C20H16FN5O/c1-26-18(27)20(25-19(26)22,13-5-3-2-4-6-13)14-7-8-16(21)15(11-14)17-12-23-9-10-24-17/h2-12H,1H3,(H2,22,25). The number of likely N-dealkylation sites (N-methyl/N-ethyl adjacent to an activating group) is 1. The van der Waals surface area contributed by atoms with Gasteiger partial charge in [-0.1, -0.05) is 36.4 Å². The highest BCUT2D eigenvalue weighted by molar-refractivity contribution is 6.09. The van der Waals surface area contributed by atoms with Gasteiger partial charge in [0.1, 0.15) is 5.82 Å². The molecule has 27 heavy (non-hydrogen) atoms. The zero-order valence-corrected chi connectivity index (χ0v) is 14.5. The molecule has 7 heteroatoms. The number of aliphatic imine (C=N–C) groups is 1. The Morgan fingerprint density at radius 3 is 2.48 bits per heavy atom. The summed E-state index contributed by atoms with van der Waals surface area (Å²) in [7, 11) is 1.57. The van der Waals surface area contributed by atoms with Crippen molar-refractivity contribution in [3.8, 4) is 11.3 Å². The largest absolute Gasteiger partial charge is 0.369 e. The van der Waals surface area contributed by atoms with E-state index in [9.17, 15) is 9.18 Å². The summed E-state index contributed by atoms with van der Waals surface area (Å²) in [4.78, 5) is 27.1. The minimum atomic E-state index is -1.37. The van der Waals surface area contributed by atoms with Crippen LogP contribution in [-0.2, 0) is 10.3 Å². The van der Waals surface area contributed by atoms with Crippen molar-refractivity contribution in [2.75, 3.05) is 7.05 Å². The SMILES string of the molecule is CN1C(=O)C(c2ccccc2)(c2ccc(F)c(-c3cnccn3)c2)N=C1N. The average molecular weight is 361 g/mol. The van der Waals surface area contributed by atoms with E-state index in [0.717, 1.165) is 0 Å². The maximum atomic E-state index is 14.5. The van der Waals surface area contributed by atoms with Gasteiger partial charge in [-0.15, -0.1) is 0 Å². The van der Waals surface area contributed by atoms with E-state index in [1.54, 1.807) is 31.3 Å². The first-order chi connectivity index (χ1) is 13.0. The van der Waals surface area contributed by atoms with Gasteiger partial charge in [-0.2, -0.15) is 0 Å². The van der Waals surface area contributed by atoms with E-state index in [1.165, 1.54) is 29.6 Å². The fraction of sp³-hybridized carbons (Fsp3) is 0.100. The molecular formula is C20H16FN5O. The van der Waals surface area contributed by atoms with Crippen LogP contribution in [-0.4, -0.2) is 33.8 Å². The summed E-state index contributed by atoms with van der Waals surface area (Å²) in [5.74, 6) is -0.657. The molecule has 2 aromatic carbocycles. The number of amides is 1. The fourth-order valence-electron chi connectivity index (χ4n) is 3.25. The summed E-state index contributed by atoms with van der Waals surface area (Å²) in [5, 5.41) is 0. The first-order valence-corrected chi connectivity index (χ1v) is 8.29. The Morgan fingerprint density at radius 1 is 1.07 bits per heavy atom.